The number of aromatic nitrogens is 1. The molecule has 1 heterocycles. The van der Waals surface area contributed by atoms with E-state index < -0.39 is 0 Å². The lowest BCUT2D eigenvalue weighted by molar-refractivity contribution is 0.102. The quantitative estimate of drug-likeness (QED) is 0.853. The van der Waals surface area contributed by atoms with Crippen molar-refractivity contribution in [1.29, 1.82) is 0 Å². The third-order valence-corrected chi connectivity index (χ3v) is 4.01. The second kappa shape index (κ2) is 5.50. The third kappa shape index (κ3) is 2.91. The Morgan fingerprint density at radius 1 is 1.35 bits per heavy atom. The molecule has 0 atom stereocenters. The summed E-state index contributed by atoms with van der Waals surface area (Å²) in [6.45, 7) is 3.90. The van der Waals surface area contributed by atoms with Crippen LogP contribution in [0.2, 0.25) is 0 Å². The highest BCUT2D eigenvalue weighted by Gasteiger charge is 2.12. The summed E-state index contributed by atoms with van der Waals surface area (Å²) in [5, 5.41) is 3.41. The Bertz CT molecular complexity index is 629. The number of aryl methyl sites for hydroxylation is 2. The minimum absolute atomic E-state index is 0.198. The first kappa shape index (κ1) is 14.3. The number of nitrogens with two attached hydrogens (primary N) is 1. The number of rotatable bonds is 3. The van der Waals surface area contributed by atoms with Crippen molar-refractivity contribution >= 4 is 33.8 Å². The molecule has 5 nitrogen and oxygen atoms in total. The lowest BCUT2D eigenvalue weighted by Gasteiger charge is -2.15. The molecule has 0 saturated heterocycles. The molecular formula is C14H18N4OS. The van der Waals surface area contributed by atoms with Gasteiger partial charge in [0.2, 0.25) is 0 Å². The molecule has 0 aliphatic heterocycles. The highest BCUT2D eigenvalue weighted by molar-refractivity contribution is 7.15. The highest BCUT2D eigenvalue weighted by atomic mass is 32.1. The number of hydrogen-bond donors (Lipinski definition) is 2. The zero-order valence-electron chi connectivity index (χ0n) is 12.0. The molecule has 0 fully saturated rings. The molecule has 1 amide bonds. The Labute approximate surface area is 122 Å². The maximum absolute atomic E-state index is 12.2. The van der Waals surface area contributed by atoms with Gasteiger partial charge >= 0.3 is 0 Å². The molecule has 0 aliphatic rings. The van der Waals surface area contributed by atoms with E-state index in [1.165, 1.54) is 11.3 Å². The minimum Gasteiger partial charge on any atom is -0.397 e. The average Bonchev–Trinajstić information content (AvgIpc) is 2.67. The molecule has 106 valence electrons. The van der Waals surface area contributed by atoms with Gasteiger partial charge < -0.3 is 10.6 Å². The van der Waals surface area contributed by atoms with E-state index in [2.05, 4.69) is 10.3 Å². The molecule has 6 heteroatoms. The maximum Gasteiger partial charge on any atom is 0.257 e. The minimum atomic E-state index is -0.198. The molecule has 0 radical (unpaired) electrons. The van der Waals surface area contributed by atoms with E-state index in [1.807, 2.05) is 38.9 Å². The SMILES string of the molecule is Cc1nc(NC(=O)c2ccc(N(C)C)c(N)c2)sc1C. The molecule has 3 N–H and O–H groups in total. The largest absolute Gasteiger partial charge is 0.397 e. The topological polar surface area (TPSA) is 71.2 Å². The van der Waals surface area contributed by atoms with E-state index in [-0.39, 0.29) is 5.91 Å². The van der Waals surface area contributed by atoms with Crippen LogP contribution in [0.5, 0.6) is 0 Å². The number of carbonyl (C=O) groups excluding carboxylic acids is 1. The molecule has 0 saturated carbocycles. The predicted octanol–water partition coefficient (Wildman–Crippen LogP) is 2.66. The fourth-order valence-electron chi connectivity index (χ4n) is 1.80. The molecule has 0 bridgehead atoms. The van der Waals surface area contributed by atoms with Gasteiger partial charge in [-0.05, 0) is 32.0 Å². The molecule has 0 unspecified atom stereocenters. The van der Waals surface area contributed by atoms with Gasteiger partial charge in [-0.15, -0.1) is 11.3 Å². The van der Waals surface area contributed by atoms with Crippen molar-refractivity contribution in [2.24, 2.45) is 0 Å². The first-order valence-corrected chi connectivity index (χ1v) is 7.02. The second-order valence-electron chi connectivity index (χ2n) is 4.78. The van der Waals surface area contributed by atoms with Crippen molar-refractivity contribution in [3.8, 4) is 0 Å². The summed E-state index contributed by atoms with van der Waals surface area (Å²) >= 11 is 1.47. The van der Waals surface area contributed by atoms with Crippen LogP contribution in [-0.2, 0) is 0 Å². The van der Waals surface area contributed by atoms with Crippen LogP contribution in [0.15, 0.2) is 18.2 Å². The van der Waals surface area contributed by atoms with E-state index in [9.17, 15) is 4.79 Å². The van der Waals surface area contributed by atoms with Crippen molar-refractivity contribution in [3.05, 3.63) is 34.3 Å². The van der Waals surface area contributed by atoms with E-state index in [4.69, 9.17) is 5.73 Å². The number of hydrogen-bond acceptors (Lipinski definition) is 5. The zero-order chi connectivity index (χ0) is 14.9. The lowest BCUT2D eigenvalue weighted by atomic mass is 10.1. The Kier molecular flexibility index (Phi) is 3.94. The average molecular weight is 290 g/mol. The molecule has 1 aromatic heterocycles. The van der Waals surface area contributed by atoms with Gasteiger partial charge in [-0.2, -0.15) is 0 Å². The van der Waals surface area contributed by atoms with Gasteiger partial charge in [0, 0.05) is 24.5 Å². The van der Waals surface area contributed by atoms with Gasteiger partial charge in [-0.1, -0.05) is 0 Å². The third-order valence-electron chi connectivity index (χ3n) is 3.02. The fourth-order valence-corrected chi connectivity index (χ4v) is 2.61. The Balaban J connectivity index is 2.19. The van der Waals surface area contributed by atoms with Gasteiger partial charge in [0.15, 0.2) is 5.13 Å². The van der Waals surface area contributed by atoms with Gasteiger partial charge in [0.1, 0.15) is 0 Å². The second-order valence-corrected chi connectivity index (χ2v) is 5.99. The van der Waals surface area contributed by atoms with Crippen molar-refractivity contribution in [2.45, 2.75) is 13.8 Å². The lowest BCUT2D eigenvalue weighted by Crippen LogP contribution is -2.14. The molecule has 2 aromatic rings. The highest BCUT2D eigenvalue weighted by Crippen LogP contribution is 2.24. The standard InChI is InChI=1S/C14H18N4OS/c1-8-9(2)20-14(16-8)17-13(19)10-5-6-12(18(3)4)11(15)7-10/h5-7H,15H2,1-4H3,(H,16,17,19). The van der Waals surface area contributed by atoms with Crippen molar-refractivity contribution < 1.29 is 4.79 Å². The van der Waals surface area contributed by atoms with E-state index >= 15 is 0 Å². The molecule has 0 spiro atoms. The van der Waals surface area contributed by atoms with Crippen LogP contribution in [0, 0.1) is 13.8 Å². The number of thiazole rings is 1. The van der Waals surface area contributed by atoms with E-state index in [1.54, 1.807) is 12.1 Å². The molecule has 1 aromatic carbocycles. The summed E-state index contributed by atoms with van der Waals surface area (Å²) in [7, 11) is 3.82. The number of anilines is 3. The van der Waals surface area contributed by atoms with Gasteiger partial charge in [-0.25, -0.2) is 4.98 Å². The fraction of sp³-hybridized carbons (Fsp3) is 0.286. The molecule has 0 aliphatic carbocycles. The Hall–Kier alpha value is -2.08. The van der Waals surface area contributed by atoms with E-state index in [0.29, 0.717) is 16.4 Å². The summed E-state index contributed by atoms with van der Waals surface area (Å²) in [4.78, 5) is 19.5. The Morgan fingerprint density at radius 2 is 2.05 bits per heavy atom. The summed E-state index contributed by atoms with van der Waals surface area (Å²) in [5.41, 5.74) is 8.88. The van der Waals surface area contributed by atoms with Crippen molar-refractivity contribution in [1.82, 2.24) is 4.98 Å². The van der Waals surface area contributed by atoms with E-state index in [0.717, 1.165) is 16.3 Å². The number of nitrogens with one attached hydrogen (secondary N) is 1. The van der Waals surface area contributed by atoms with Crippen LogP contribution in [0.3, 0.4) is 0 Å². The first-order chi connectivity index (χ1) is 9.38. The van der Waals surface area contributed by atoms with Gasteiger partial charge in [0.05, 0.1) is 17.1 Å². The van der Waals surface area contributed by atoms with Crippen LogP contribution in [0.25, 0.3) is 0 Å². The number of nitrogens with zero attached hydrogens (tertiary/aromatic N) is 2. The number of benzene rings is 1. The van der Waals surface area contributed by atoms with Gasteiger partial charge in [-0.3, -0.25) is 10.1 Å². The van der Waals surface area contributed by atoms with Crippen molar-refractivity contribution in [3.63, 3.8) is 0 Å². The van der Waals surface area contributed by atoms with Gasteiger partial charge in [0.25, 0.3) is 5.91 Å². The number of nitrogen functional groups attached to an aromatic ring is 1. The van der Waals surface area contributed by atoms with Crippen LogP contribution < -0.4 is 16.0 Å². The molecule has 20 heavy (non-hydrogen) atoms. The molecular weight excluding hydrogens is 272 g/mol. The van der Waals surface area contributed by atoms with Crippen molar-refractivity contribution in [2.75, 3.05) is 30.0 Å². The first-order valence-electron chi connectivity index (χ1n) is 6.20. The summed E-state index contributed by atoms with van der Waals surface area (Å²) in [6, 6.07) is 5.27. The van der Waals surface area contributed by atoms with Crippen LogP contribution in [-0.4, -0.2) is 25.0 Å². The van der Waals surface area contributed by atoms with Crippen LogP contribution >= 0.6 is 11.3 Å². The van der Waals surface area contributed by atoms with Crippen LogP contribution in [0.1, 0.15) is 20.9 Å². The zero-order valence-corrected chi connectivity index (χ0v) is 12.8. The number of carbonyl (C=O) groups is 1. The number of amides is 1. The maximum atomic E-state index is 12.2. The smallest absolute Gasteiger partial charge is 0.257 e. The molecule has 2 rings (SSSR count). The normalized spacial score (nSPS) is 10.4. The summed E-state index contributed by atoms with van der Waals surface area (Å²) in [5.74, 6) is -0.198. The summed E-state index contributed by atoms with van der Waals surface area (Å²) in [6.07, 6.45) is 0. The van der Waals surface area contributed by atoms with Crippen LogP contribution in [0.4, 0.5) is 16.5 Å². The summed E-state index contributed by atoms with van der Waals surface area (Å²) < 4.78 is 0. The Morgan fingerprint density at radius 3 is 2.55 bits per heavy atom. The predicted molar refractivity (Wildman–Crippen MR) is 84.7 cm³/mol. The monoisotopic (exact) mass is 290 g/mol.